The Morgan fingerprint density at radius 3 is 2.63 bits per heavy atom. The minimum atomic E-state index is -3.84. The Morgan fingerprint density at radius 2 is 1.96 bits per heavy atom. The number of aromatic nitrogens is 2. The highest BCUT2D eigenvalue weighted by atomic mass is 32.2. The lowest BCUT2D eigenvalue weighted by atomic mass is 10.0. The van der Waals surface area contributed by atoms with Gasteiger partial charge in [-0.15, -0.1) is 0 Å². The number of rotatable bonds is 5. The highest BCUT2D eigenvalue weighted by molar-refractivity contribution is 7.86. The van der Waals surface area contributed by atoms with Gasteiger partial charge in [0.05, 0.1) is 0 Å². The number of benzene rings is 1. The van der Waals surface area contributed by atoms with Crippen molar-refractivity contribution in [1.82, 2.24) is 14.3 Å². The number of H-pyrrole nitrogens is 1. The van der Waals surface area contributed by atoms with Gasteiger partial charge in [0, 0.05) is 35.8 Å². The highest BCUT2D eigenvalue weighted by Crippen LogP contribution is 2.32. The van der Waals surface area contributed by atoms with E-state index >= 15 is 0 Å². The molecule has 9 heteroatoms. The van der Waals surface area contributed by atoms with Crippen LogP contribution in [0.1, 0.15) is 18.4 Å². The molecule has 0 saturated heterocycles. The van der Waals surface area contributed by atoms with Crippen LogP contribution in [-0.4, -0.2) is 28.7 Å². The number of pyridine rings is 2. The van der Waals surface area contributed by atoms with E-state index in [1.54, 1.807) is 24.3 Å². The first kappa shape index (κ1) is 17.8. The second kappa shape index (κ2) is 6.52. The summed E-state index contributed by atoms with van der Waals surface area (Å²) in [6.45, 7) is 0.0328. The molecule has 4 rings (SSSR count). The molecule has 1 aliphatic rings. The molecule has 0 unspecified atom stereocenters. The predicted molar refractivity (Wildman–Crippen MR) is 99.4 cm³/mol. The van der Waals surface area contributed by atoms with Crippen LogP contribution in [0.4, 0.5) is 4.39 Å². The van der Waals surface area contributed by atoms with E-state index in [-0.39, 0.29) is 18.1 Å². The fourth-order valence-electron chi connectivity index (χ4n) is 3.14. The molecule has 7 nitrogen and oxygen atoms in total. The average molecular weight is 388 g/mol. The Hall–Kier alpha value is -2.62. The van der Waals surface area contributed by atoms with E-state index in [0.717, 1.165) is 12.8 Å². The van der Waals surface area contributed by atoms with Crippen molar-refractivity contribution in [3.05, 3.63) is 64.3 Å². The molecule has 0 atom stereocenters. The van der Waals surface area contributed by atoms with Crippen molar-refractivity contribution in [2.45, 2.75) is 25.4 Å². The van der Waals surface area contributed by atoms with Crippen LogP contribution in [-0.2, 0) is 16.8 Å². The van der Waals surface area contributed by atoms with Crippen LogP contribution < -0.4 is 10.7 Å². The van der Waals surface area contributed by atoms with E-state index in [1.807, 2.05) is 0 Å². The van der Waals surface area contributed by atoms with Crippen molar-refractivity contribution in [3.8, 4) is 11.1 Å². The first-order valence-electron chi connectivity index (χ1n) is 8.39. The van der Waals surface area contributed by atoms with Gasteiger partial charge in [-0.1, -0.05) is 12.1 Å². The Balaban J connectivity index is 1.72. The number of halogens is 1. The van der Waals surface area contributed by atoms with Crippen molar-refractivity contribution in [1.29, 1.82) is 0 Å². The Bertz CT molecular complexity index is 1190. The summed E-state index contributed by atoms with van der Waals surface area (Å²) in [5.41, 5.74) is 1.53. The molecule has 140 valence electrons. The van der Waals surface area contributed by atoms with Gasteiger partial charge in [-0.3, -0.25) is 4.79 Å². The van der Waals surface area contributed by atoms with Gasteiger partial charge in [0.15, 0.2) is 0 Å². The second-order valence-corrected chi connectivity index (χ2v) is 8.08. The maximum absolute atomic E-state index is 14.8. The summed E-state index contributed by atoms with van der Waals surface area (Å²) < 4.78 is 39.5. The Labute approximate surface area is 154 Å². The molecule has 3 aromatic rings. The van der Waals surface area contributed by atoms with Gasteiger partial charge in [0.1, 0.15) is 11.5 Å². The predicted octanol–water partition coefficient (Wildman–Crippen LogP) is 1.90. The lowest BCUT2D eigenvalue weighted by molar-refractivity contribution is 0.398. The van der Waals surface area contributed by atoms with E-state index < -0.39 is 16.0 Å². The average Bonchev–Trinajstić information content (AvgIpc) is 3.43. The zero-order valence-electron chi connectivity index (χ0n) is 14.2. The molecule has 27 heavy (non-hydrogen) atoms. The summed E-state index contributed by atoms with van der Waals surface area (Å²) in [6.07, 6.45) is 3.02. The molecule has 2 heterocycles. The first-order valence-corrected chi connectivity index (χ1v) is 9.89. The molecule has 2 aromatic heterocycles. The third-order valence-electron chi connectivity index (χ3n) is 4.58. The number of nitrogens with two attached hydrogens (primary N) is 1. The monoisotopic (exact) mass is 388 g/mol. The van der Waals surface area contributed by atoms with E-state index in [4.69, 9.17) is 5.14 Å². The maximum Gasteiger partial charge on any atom is 0.277 e. The molecule has 0 aliphatic heterocycles. The van der Waals surface area contributed by atoms with Crippen LogP contribution in [0.5, 0.6) is 0 Å². The zero-order chi connectivity index (χ0) is 19.2. The van der Waals surface area contributed by atoms with E-state index in [1.165, 1.54) is 22.6 Å². The molecule has 3 N–H and O–H groups in total. The fourth-order valence-corrected chi connectivity index (χ4v) is 4.09. The van der Waals surface area contributed by atoms with Gasteiger partial charge in [0.2, 0.25) is 5.56 Å². The third-order valence-corrected chi connectivity index (χ3v) is 5.66. The van der Waals surface area contributed by atoms with Crippen LogP contribution in [0, 0.1) is 5.82 Å². The van der Waals surface area contributed by atoms with Crippen LogP contribution in [0.2, 0.25) is 0 Å². The van der Waals surface area contributed by atoms with Crippen molar-refractivity contribution in [2.24, 2.45) is 5.14 Å². The van der Waals surface area contributed by atoms with Crippen LogP contribution in [0.25, 0.3) is 22.2 Å². The van der Waals surface area contributed by atoms with Gasteiger partial charge < -0.3 is 4.98 Å². The lowest BCUT2D eigenvalue weighted by Crippen LogP contribution is -2.37. The zero-order valence-corrected chi connectivity index (χ0v) is 15.0. The first-order chi connectivity index (χ1) is 12.8. The molecule has 0 bridgehead atoms. The second-order valence-electron chi connectivity index (χ2n) is 6.58. The summed E-state index contributed by atoms with van der Waals surface area (Å²) in [4.78, 5) is 18.2. The largest absolute Gasteiger partial charge is 0.307 e. The lowest BCUT2D eigenvalue weighted by Gasteiger charge is -2.19. The molecule has 1 aliphatic carbocycles. The van der Waals surface area contributed by atoms with Gasteiger partial charge in [-0.25, -0.2) is 14.5 Å². The van der Waals surface area contributed by atoms with E-state index in [2.05, 4.69) is 9.97 Å². The molecule has 0 spiro atoms. The number of fused-ring (bicyclic) bond motifs is 1. The minimum Gasteiger partial charge on any atom is -0.307 e. The van der Waals surface area contributed by atoms with Gasteiger partial charge in [-0.05, 0) is 42.2 Å². The standard InChI is InChI=1S/C18H17FN4O3S/c19-16-9-11(10-23(12-2-3-12)27(20,25)26)1-4-14(16)13-7-8-21-18-15(13)5-6-17(24)22-18/h1,4-9,12H,2-3,10H2,(H2,20,25,26)(H,21,22,24). The summed E-state index contributed by atoms with van der Waals surface area (Å²) >= 11 is 0. The smallest absolute Gasteiger partial charge is 0.277 e. The summed E-state index contributed by atoms with van der Waals surface area (Å²) in [7, 11) is -3.84. The van der Waals surface area contributed by atoms with E-state index in [9.17, 15) is 17.6 Å². The summed E-state index contributed by atoms with van der Waals surface area (Å²) in [6, 6.07) is 9.10. The molecule has 0 amide bonds. The minimum absolute atomic E-state index is 0.0328. The normalized spacial score (nSPS) is 14.8. The maximum atomic E-state index is 14.8. The molecular weight excluding hydrogens is 371 g/mol. The van der Waals surface area contributed by atoms with Crippen molar-refractivity contribution in [3.63, 3.8) is 0 Å². The molecule has 1 aromatic carbocycles. The Kier molecular flexibility index (Phi) is 4.29. The number of hydrogen-bond donors (Lipinski definition) is 2. The van der Waals surface area contributed by atoms with Gasteiger partial charge >= 0.3 is 0 Å². The van der Waals surface area contributed by atoms with Crippen molar-refractivity contribution >= 4 is 21.2 Å². The highest BCUT2D eigenvalue weighted by Gasteiger charge is 2.35. The fraction of sp³-hybridized carbons (Fsp3) is 0.222. The van der Waals surface area contributed by atoms with Gasteiger partial charge in [-0.2, -0.15) is 12.7 Å². The summed E-state index contributed by atoms with van der Waals surface area (Å²) in [5, 5.41) is 5.89. The number of aromatic amines is 1. The number of nitrogens with one attached hydrogen (secondary N) is 1. The Morgan fingerprint density at radius 1 is 1.19 bits per heavy atom. The van der Waals surface area contributed by atoms with Crippen LogP contribution in [0.3, 0.4) is 0 Å². The quantitative estimate of drug-likeness (QED) is 0.696. The van der Waals surface area contributed by atoms with Crippen LogP contribution >= 0.6 is 0 Å². The van der Waals surface area contributed by atoms with Crippen molar-refractivity contribution < 1.29 is 12.8 Å². The van der Waals surface area contributed by atoms with Gasteiger partial charge in [0.25, 0.3) is 10.2 Å². The molecule has 1 fully saturated rings. The molecular formula is C18H17FN4O3S. The van der Waals surface area contributed by atoms with Crippen LogP contribution in [0.15, 0.2) is 47.4 Å². The number of hydrogen-bond acceptors (Lipinski definition) is 4. The molecule has 1 saturated carbocycles. The van der Waals surface area contributed by atoms with Crippen molar-refractivity contribution in [2.75, 3.05) is 0 Å². The number of nitrogens with zero attached hydrogens (tertiary/aromatic N) is 2. The summed E-state index contributed by atoms with van der Waals surface area (Å²) in [5.74, 6) is -0.489. The van der Waals surface area contributed by atoms with E-state index in [0.29, 0.717) is 27.7 Å². The topological polar surface area (TPSA) is 109 Å². The molecule has 0 radical (unpaired) electrons. The third kappa shape index (κ3) is 3.61. The SMILES string of the molecule is NS(=O)(=O)N(Cc1ccc(-c2ccnc3[nH]c(=O)ccc23)c(F)c1)C1CC1.